The first-order valence-corrected chi connectivity index (χ1v) is 6.87. The SMILES string of the molecule is Cc1csc(NC(=O)/C=C/c2ccc(OC(F)F)cc2)n1. The number of hydrogen-bond donors (Lipinski definition) is 1. The number of alkyl halides is 2. The van der Waals surface area contributed by atoms with E-state index in [9.17, 15) is 13.6 Å². The van der Waals surface area contributed by atoms with Gasteiger partial charge in [-0.3, -0.25) is 10.1 Å². The number of carbonyl (C=O) groups is 1. The van der Waals surface area contributed by atoms with Gasteiger partial charge < -0.3 is 4.74 Å². The number of halogens is 2. The van der Waals surface area contributed by atoms with Crippen molar-refractivity contribution in [2.24, 2.45) is 0 Å². The molecule has 2 aromatic rings. The molecule has 7 heteroatoms. The van der Waals surface area contributed by atoms with Gasteiger partial charge in [0.05, 0.1) is 5.69 Å². The zero-order valence-electron chi connectivity index (χ0n) is 11.0. The highest BCUT2D eigenvalue weighted by Crippen LogP contribution is 2.16. The predicted octanol–water partition coefficient (Wildman–Crippen LogP) is 3.70. The fourth-order valence-electron chi connectivity index (χ4n) is 1.49. The van der Waals surface area contributed by atoms with Crippen LogP contribution in [0.25, 0.3) is 6.08 Å². The Kier molecular flexibility index (Phi) is 4.99. The molecule has 0 atom stereocenters. The van der Waals surface area contributed by atoms with Crippen LogP contribution in [0.2, 0.25) is 0 Å². The first-order chi connectivity index (χ1) is 10.0. The molecule has 21 heavy (non-hydrogen) atoms. The highest BCUT2D eigenvalue weighted by molar-refractivity contribution is 7.13. The summed E-state index contributed by atoms with van der Waals surface area (Å²) in [4.78, 5) is 15.8. The van der Waals surface area contributed by atoms with Gasteiger partial charge in [0.15, 0.2) is 5.13 Å². The van der Waals surface area contributed by atoms with Crippen LogP contribution in [0.3, 0.4) is 0 Å². The van der Waals surface area contributed by atoms with Crippen molar-refractivity contribution in [3.8, 4) is 5.75 Å². The molecule has 0 bridgehead atoms. The lowest BCUT2D eigenvalue weighted by atomic mass is 10.2. The summed E-state index contributed by atoms with van der Waals surface area (Å²) in [5.41, 5.74) is 1.54. The van der Waals surface area contributed by atoms with E-state index in [1.54, 1.807) is 18.2 Å². The molecule has 0 radical (unpaired) electrons. The van der Waals surface area contributed by atoms with E-state index < -0.39 is 6.61 Å². The molecule has 110 valence electrons. The van der Waals surface area contributed by atoms with E-state index in [2.05, 4.69) is 15.0 Å². The molecular formula is C14H12F2N2O2S. The number of aryl methyl sites for hydroxylation is 1. The molecule has 0 aliphatic rings. The Labute approximate surface area is 124 Å². The Balaban J connectivity index is 1.92. The van der Waals surface area contributed by atoms with Gasteiger partial charge in [-0.05, 0) is 30.7 Å². The second kappa shape index (κ2) is 6.94. The third-order valence-corrected chi connectivity index (χ3v) is 3.26. The van der Waals surface area contributed by atoms with Crippen molar-refractivity contribution >= 4 is 28.5 Å². The number of amides is 1. The topological polar surface area (TPSA) is 51.2 Å². The monoisotopic (exact) mass is 310 g/mol. The van der Waals surface area contributed by atoms with Crippen LogP contribution in [0.15, 0.2) is 35.7 Å². The van der Waals surface area contributed by atoms with Gasteiger partial charge in [0.25, 0.3) is 0 Å². The van der Waals surface area contributed by atoms with E-state index in [1.165, 1.54) is 29.5 Å². The Bertz CT molecular complexity index is 639. The predicted molar refractivity (Wildman–Crippen MR) is 77.6 cm³/mol. The smallest absolute Gasteiger partial charge is 0.387 e. The lowest BCUT2D eigenvalue weighted by Crippen LogP contribution is -2.07. The molecule has 1 N–H and O–H groups in total. The second-order valence-electron chi connectivity index (χ2n) is 4.06. The van der Waals surface area contributed by atoms with Crippen LogP contribution in [0.4, 0.5) is 13.9 Å². The maximum absolute atomic E-state index is 12.0. The number of rotatable bonds is 5. The minimum absolute atomic E-state index is 0.0739. The summed E-state index contributed by atoms with van der Waals surface area (Å²) in [7, 11) is 0. The molecule has 0 unspecified atom stereocenters. The maximum Gasteiger partial charge on any atom is 0.387 e. The fraction of sp³-hybridized carbons (Fsp3) is 0.143. The van der Waals surface area contributed by atoms with E-state index in [0.29, 0.717) is 10.7 Å². The highest BCUT2D eigenvalue weighted by atomic mass is 32.1. The van der Waals surface area contributed by atoms with E-state index in [1.807, 2.05) is 12.3 Å². The summed E-state index contributed by atoms with van der Waals surface area (Å²) in [5, 5.41) is 4.99. The van der Waals surface area contributed by atoms with Gasteiger partial charge in [-0.1, -0.05) is 12.1 Å². The van der Waals surface area contributed by atoms with Crippen molar-refractivity contribution in [1.82, 2.24) is 4.98 Å². The Morgan fingerprint density at radius 2 is 2.10 bits per heavy atom. The molecular weight excluding hydrogens is 298 g/mol. The summed E-state index contributed by atoms with van der Waals surface area (Å²) in [6.07, 6.45) is 2.92. The molecule has 0 spiro atoms. The summed E-state index contributed by atoms with van der Waals surface area (Å²) in [6, 6.07) is 5.98. The van der Waals surface area contributed by atoms with Gasteiger partial charge in [-0.25, -0.2) is 4.98 Å². The minimum atomic E-state index is -2.85. The number of benzene rings is 1. The van der Waals surface area contributed by atoms with Gasteiger partial charge in [-0.15, -0.1) is 11.3 Å². The molecule has 0 aliphatic heterocycles. The molecule has 1 heterocycles. The lowest BCUT2D eigenvalue weighted by molar-refractivity contribution is -0.111. The van der Waals surface area contributed by atoms with E-state index in [4.69, 9.17) is 0 Å². The first kappa shape index (κ1) is 15.1. The van der Waals surface area contributed by atoms with Gasteiger partial charge in [0.2, 0.25) is 5.91 Å². The number of ether oxygens (including phenoxy) is 1. The average molecular weight is 310 g/mol. The average Bonchev–Trinajstić information content (AvgIpc) is 2.83. The standard InChI is InChI=1S/C14H12F2N2O2S/c1-9-8-21-14(17-9)18-12(19)7-4-10-2-5-11(6-3-10)20-13(15)16/h2-8,13H,1H3,(H,17,18,19)/b7-4+. The van der Waals surface area contributed by atoms with Crippen molar-refractivity contribution in [1.29, 1.82) is 0 Å². The van der Waals surface area contributed by atoms with Gasteiger partial charge in [0.1, 0.15) is 5.75 Å². The fourth-order valence-corrected chi connectivity index (χ4v) is 2.18. The van der Waals surface area contributed by atoms with Crippen LogP contribution in [0.1, 0.15) is 11.3 Å². The van der Waals surface area contributed by atoms with Crippen molar-refractivity contribution < 1.29 is 18.3 Å². The third-order valence-electron chi connectivity index (χ3n) is 2.38. The number of hydrogen-bond acceptors (Lipinski definition) is 4. The molecule has 0 saturated carbocycles. The lowest BCUT2D eigenvalue weighted by Gasteiger charge is -2.03. The maximum atomic E-state index is 12.0. The second-order valence-corrected chi connectivity index (χ2v) is 4.92. The number of aromatic nitrogens is 1. The quantitative estimate of drug-likeness (QED) is 0.857. The van der Waals surface area contributed by atoms with E-state index >= 15 is 0 Å². The molecule has 0 aliphatic carbocycles. The largest absolute Gasteiger partial charge is 0.435 e. The number of thiazole rings is 1. The van der Waals surface area contributed by atoms with Crippen molar-refractivity contribution in [2.45, 2.75) is 13.5 Å². The minimum Gasteiger partial charge on any atom is -0.435 e. The number of nitrogens with zero attached hydrogens (tertiary/aromatic N) is 1. The molecule has 0 fully saturated rings. The van der Waals surface area contributed by atoms with Crippen LogP contribution in [-0.2, 0) is 4.79 Å². The van der Waals surface area contributed by atoms with E-state index in [0.717, 1.165) is 5.69 Å². The Morgan fingerprint density at radius 1 is 1.38 bits per heavy atom. The third kappa shape index (κ3) is 4.96. The Hall–Kier alpha value is -2.28. The first-order valence-electron chi connectivity index (χ1n) is 5.99. The van der Waals surface area contributed by atoms with Gasteiger partial charge in [-0.2, -0.15) is 8.78 Å². The normalized spacial score (nSPS) is 11.0. The van der Waals surface area contributed by atoms with Gasteiger partial charge >= 0.3 is 6.61 Å². The van der Waals surface area contributed by atoms with Gasteiger partial charge in [0, 0.05) is 11.5 Å². The summed E-state index contributed by atoms with van der Waals surface area (Å²) >= 11 is 1.34. The van der Waals surface area contributed by atoms with Crippen LogP contribution in [0.5, 0.6) is 5.75 Å². The molecule has 2 rings (SSSR count). The molecule has 4 nitrogen and oxygen atoms in total. The zero-order valence-corrected chi connectivity index (χ0v) is 11.9. The molecule has 1 aromatic heterocycles. The van der Waals surface area contributed by atoms with Crippen molar-refractivity contribution in [3.05, 3.63) is 47.0 Å². The Morgan fingerprint density at radius 3 is 2.67 bits per heavy atom. The number of carbonyl (C=O) groups excluding carboxylic acids is 1. The highest BCUT2D eigenvalue weighted by Gasteiger charge is 2.04. The van der Waals surface area contributed by atoms with Crippen LogP contribution < -0.4 is 10.1 Å². The molecule has 1 aromatic carbocycles. The van der Waals surface area contributed by atoms with Crippen molar-refractivity contribution in [2.75, 3.05) is 5.32 Å². The van der Waals surface area contributed by atoms with Crippen molar-refractivity contribution in [3.63, 3.8) is 0 Å². The zero-order chi connectivity index (χ0) is 15.2. The van der Waals surface area contributed by atoms with Crippen LogP contribution >= 0.6 is 11.3 Å². The van der Waals surface area contributed by atoms with E-state index in [-0.39, 0.29) is 11.7 Å². The summed E-state index contributed by atoms with van der Waals surface area (Å²) < 4.78 is 28.2. The molecule has 1 amide bonds. The number of nitrogens with one attached hydrogen (secondary N) is 1. The molecule has 0 saturated heterocycles. The number of anilines is 1. The van der Waals surface area contributed by atoms with Crippen LogP contribution in [-0.4, -0.2) is 17.5 Å². The summed E-state index contributed by atoms with van der Waals surface area (Å²) in [5.74, 6) is -0.234. The van der Waals surface area contributed by atoms with Crippen LogP contribution in [0, 0.1) is 6.92 Å². The summed E-state index contributed by atoms with van der Waals surface area (Å²) in [6.45, 7) is -1.01.